The van der Waals surface area contributed by atoms with Crippen molar-refractivity contribution in [3.8, 4) is 5.75 Å². The molecule has 0 radical (unpaired) electrons. The lowest BCUT2D eigenvalue weighted by molar-refractivity contribution is 0.414. The minimum absolute atomic E-state index is 0. The van der Waals surface area contributed by atoms with Crippen LogP contribution in [0.1, 0.15) is 16.7 Å². The van der Waals surface area contributed by atoms with Gasteiger partial charge in [-0.3, -0.25) is 0 Å². The predicted octanol–water partition coefficient (Wildman–Crippen LogP) is 4.14. The molecule has 2 nitrogen and oxygen atoms in total. The molecule has 0 aromatic heterocycles. The van der Waals surface area contributed by atoms with Crippen molar-refractivity contribution in [1.82, 2.24) is 5.32 Å². The zero-order valence-corrected chi connectivity index (χ0v) is 13.4. The number of halogens is 2. The Balaban J connectivity index is 0.00000180. The molecule has 2 aromatic rings. The lowest BCUT2D eigenvalue weighted by Gasteiger charge is -2.07. The molecule has 20 heavy (non-hydrogen) atoms. The average molecular weight is 314 g/mol. The Morgan fingerprint density at radius 2 is 1.55 bits per heavy atom. The minimum Gasteiger partial charge on any atom is -0.497 e. The summed E-state index contributed by atoms with van der Waals surface area (Å²) >= 11 is 0. The molecule has 0 amide bonds. The Hall–Kier alpha value is -1.22. The van der Waals surface area contributed by atoms with Crippen molar-refractivity contribution in [1.29, 1.82) is 0 Å². The third-order valence-corrected chi connectivity index (χ3v) is 2.91. The number of benzene rings is 2. The number of methoxy groups -OCH3 is 1. The molecule has 0 aliphatic rings. The van der Waals surface area contributed by atoms with Gasteiger partial charge in [0.15, 0.2) is 0 Å². The second-order valence-electron chi connectivity index (χ2n) is 4.44. The van der Waals surface area contributed by atoms with E-state index in [1.54, 1.807) is 7.11 Å². The molecule has 0 spiro atoms. The van der Waals surface area contributed by atoms with Gasteiger partial charge in [-0.1, -0.05) is 42.0 Å². The topological polar surface area (TPSA) is 21.3 Å². The second kappa shape index (κ2) is 9.65. The first-order valence-corrected chi connectivity index (χ1v) is 6.17. The molecule has 0 aliphatic heterocycles. The second-order valence-corrected chi connectivity index (χ2v) is 4.44. The zero-order chi connectivity index (χ0) is 12.8. The number of hydrogen-bond acceptors (Lipinski definition) is 2. The average Bonchev–Trinajstić information content (AvgIpc) is 2.41. The quantitative estimate of drug-likeness (QED) is 0.896. The molecule has 0 aliphatic carbocycles. The lowest BCUT2D eigenvalue weighted by atomic mass is 10.1. The number of nitrogens with one attached hydrogen (secondary N) is 1. The van der Waals surface area contributed by atoms with Crippen molar-refractivity contribution in [3.05, 3.63) is 65.2 Å². The highest BCUT2D eigenvalue weighted by atomic mass is 35.5. The van der Waals surface area contributed by atoms with E-state index in [4.69, 9.17) is 4.74 Å². The smallest absolute Gasteiger partial charge is 0.119 e. The third kappa shape index (κ3) is 5.83. The van der Waals surface area contributed by atoms with Crippen molar-refractivity contribution in [2.24, 2.45) is 0 Å². The fourth-order valence-corrected chi connectivity index (χ4v) is 1.84. The Kier molecular flexibility index (Phi) is 9.06. The van der Waals surface area contributed by atoms with Gasteiger partial charge in [-0.05, 0) is 30.2 Å². The van der Waals surface area contributed by atoms with E-state index < -0.39 is 0 Å². The molecule has 0 bridgehead atoms. The zero-order valence-electron chi connectivity index (χ0n) is 11.8. The van der Waals surface area contributed by atoms with Crippen LogP contribution < -0.4 is 10.1 Å². The largest absolute Gasteiger partial charge is 0.497 e. The molecule has 0 saturated carbocycles. The van der Waals surface area contributed by atoms with Crippen LogP contribution in [0.5, 0.6) is 5.75 Å². The monoisotopic (exact) mass is 313 g/mol. The third-order valence-electron chi connectivity index (χ3n) is 2.91. The highest BCUT2D eigenvalue weighted by Gasteiger charge is 1.96. The molecule has 0 fully saturated rings. The van der Waals surface area contributed by atoms with Crippen LogP contribution in [-0.2, 0) is 13.1 Å². The molecule has 4 heteroatoms. The minimum atomic E-state index is 0. The molecule has 0 atom stereocenters. The van der Waals surface area contributed by atoms with Crippen molar-refractivity contribution in [3.63, 3.8) is 0 Å². The van der Waals surface area contributed by atoms with Crippen LogP contribution in [0.2, 0.25) is 0 Å². The van der Waals surface area contributed by atoms with Crippen LogP contribution in [0.3, 0.4) is 0 Å². The van der Waals surface area contributed by atoms with Crippen molar-refractivity contribution in [2.45, 2.75) is 20.0 Å². The maximum Gasteiger partial charge on any atom is 0.119 e. The van der Waals surface area contributed by atoms with Gasteiger partial charge >= 0.3 is 0 Å². The molecule has 1 N–H and O–H groups in total. The maximum absolute atomic E-state index is 5.20. The lowest BCUT2D eigenvalue weighted by Crippen LogP contribution is -2.12. The number of rotatable bonds is 5. The van der Waals surface area contributed by atoms with Gasteiger partial charge in [0.1, 0.15) is 5.75 Å². The molecular weight excluding hydrogens is 293 g/mol. The van der Waals surface area contributed by atoms with Crippen LogP contribution in [0.15, 0.2) is 48.5 Å². The summed E-state index contributed by atoms with van der Waals surface area (Å²) in [7, 11) is 1.69. The summed E-state index contributed by atoms with van der Waals surface area (Å²) in [6.07, 6.45) is 0. The van der Waals surface area contributed by atoms with Gasteiger partial charge in [-0.15, -0.1) is 24.8 Å². The van der Waals surface area contributed by atoms with Crippen LogP contribution in [-0.4, -0.2) is 7.11 Å². The molecule has 2 rings (SSSR count). The van der Waals surface area contributed by atoms with Gasteiger partial charge < -0.3 is 10.1 Å². The van der Waals surface area contributed by atoms with Gasteiger partial charge in [0.25, 0.3) is 0 Å². The highest BCUT2D eigenvalue weighted by Crippen LogP contribution is 2.12. The molecule has 0 heterocycles. The molecular formula is C16H21Cl2NO. The number of hydrogen-bond donors (Lipinski definition) is 1. The first-order chi connectivity index (χ1) is 8.78. The van der Waals surface area contributed by atoms with Gasteiger partial charge in [-0.2, -0.15) is 0 Å². The first-order valence-electron chi connectivity index (χ1n) is 6.17. The molecule has 0 unspecified atom stereocenters. The summed E-state index contributed by atoms with van der Waals surface area (Å²) in [5.41, 5.74) is 3.84. The summed E-state index contributed by atoms with van der Waals surface area (Å²) in [6.45, 7) is 3.84. The molecule has 2 aromatic carbocycles. The van der Waals surface area contributed by atoms with Gasteiger partial charge in [0.2, 0.25) is 0 Å². The van der Waals surface area contributed by atoms with Crippen molar-refractivity contribution < 1.29 is 4.74 Å². The summed E-state index contributed by atoms with van der Waals surface area (Å²) in [5, 5.41) is 3.43. The first kappa shape index (κ1) is 18.8. The van der Waals surface area contributed by atoms with E-state index >= 15 is 0 Å². The van der Waals surface area contributed by atoms with E-state index in [-0.39, 0.29) is 24.8 Å². The standard InChI is InChI=1S/C16H19NO.2ClH/c1-13-6-8-14(9-7-13)11-17-12-15-4-3-5-16(10-15)18-2;;/h3-10,17H,11-12H2,1-2H3;2*1H. The van der Waals surface area contributed by atoms with E-state index in [1.165, 1.54) is 16.7 Å². The van der Waals surface area contributed by atoms with Crippen LogP contribution >= 0.6 is 24.8 Å². The Bertz CT molecular complexity index is 500. The van der Waals surface area contributed by atoms with E-state index in [9.17, 15) is 0 Å². The van der Waals surface area contributed by atoms with Crippen molar-refractivity contribution >= 4 is 24.8 Å². The Labute approximate surface area is 133 Å². The molecule has 110 valence electrons. The number of aryl methyl sites for hydroxylation is 1. The highest BCUT2D eigenvalue weighted by molar-refractivity contribution is 5.85. The van der Waals surface area contributed by atoms with E-state index in [2.05, 4.69) is 48.6 Å². The summed E-state index contributed by atoms with van der Waals surface area (Å²) in [4.78, 5) is 0. The van der Waals surface area contributed by atoms with Crippen LogP contribution in [0.25, 0.3) is 0 Å². The Morgan fingerprint density at radius 1 is 0.900 bits per heavy atom. The van der Waals surface area contributed by atoms with Gasteiger partial charge in [-0.25, -0.2) is 0 Å². The fourth-order valence-electron chi connectivity index (χ4n) is 1.84. The number of ether oxygens (including phenoxy) is 1. The van der Waals surface area contributed by atoms with E-state index in [0.717, 1.165) is 18.8 Å². The SMILES string of the molecule is COc1cccc(CNCc2ccc(C)cc2)c1.Cl.Cl. The summed E-state index contributed by atoms with van der Waals surface area (Å²) < 4.78 is 5.20. The maximum atomic E-state index is 5.20. The summed E-state index contributed by atoms with van der Waals surface area (Å²) in [6, 6.07) is 16.7. The summed E-state index contributed by atoms with van der Waals surface area (Å²) in [5.74, 6) is 0.907. The normalized spacial score (nSPS) is 9.30. The Morgan fingerprint density at radius 3 is 2.20 bits per heavy atom. The van der Waals surface area contributed by atoms with E-state index in [0.29, 0.717) is 0 Å². The van der Waals surface area contributed by atoms with Crippen molar-refractivity contribution in [2.75, 3.05) is 7.11 Å². The van der Waals surface area contributed by atoms with Crippen LogP contribution in [0.4, 0.5) is 0 Å². The van der Waals surface area contributed by atoms with E-state index in [1.807, 2.05) is 12.1 Å². The van der Waals surface area contributed by atoms with Crippen LogP contribution in [0, 0.1) is 6.92 Å². The predicted molar refractivity (Wildman–Crippen MR) is 89.2 cm³/mol. The fraction of sp³-hybridized carbons (Fsp3) is 0.250. The van der Waals surface area contributed by atoms with Gasteiger partial charge in [0.05, 0.1) is 7.11 Å². The van der Waals surface area contributed by atoms with Gasteiger partial charge in [0, 0.05) is 13.1 Å². The molecule has 0 saturated heterocycles.